The van der Waals surface area contributed by atoms with Gasteiger partial charge in [-0.1, -0.05) is 49.0 Å². The number of thioether (sulfide) groups is 1. The van der Waals surface area contributed by atoms with Crippen molar-refractivity contribution in [1.82, 2.24) is 20.5 Å². The van der Waals surface area contributed by atoms with Crippen molar-refractivity contribution in [3.8, 4) is 0 Å². The highest BCUT2D eigenvalue weighted by molar-refractivity contribution is 7.99. The van der Waals surface area contributed by atoms with Crippen molar-refractivity contribution < 1.29 is 0 Å². The van der Waals surface area contributed by atoms with Crippen molar-refractivity contribution in [1.29, 1.82) is 0 Å². The third-order valence-electron chi connectivity index (χ3n) is 3.08. The monoisotopic (exact) mass is 276 g/mol. The second kappa shape index (κ2) is 6.73. The molecule has 0 amide bonds. The minimum Gasteiger partial charge on any atom is -0.312 e. The molecule has 0 spiro atoms. The zero-order valence-corrected chi connectivity index (χ0v) is 12.4. The van der Waals surface area contributed by atoms with E-state index in [1.807, 2.05) is 20.0 Å². The Morgan fingerprint density at radius 3 is 2.58 bits per heavy atom. The number of rotatable bonds is 6. The molecule has 0 aliphatic heterocycles. The molecule has 4 nitrogen and oxygen atoms in total. The molecular formula is C14H20N4S. The first-order valence-electron chi connectivity index (χ1n) is 6.52. The van der Waals surface area contributed by atoms with Gasteiger partial charge in [0.25, 0.3) is 0 Å². The maximum atomic E-state index is 4.38. The van der Waals surface area contributed by atoms with Crippen LogP contribution in [0.1, 0.15) is 30.8 Å². The van der Waals surface area contributed by atoms with E-state index >= 15 is 0 Å². The van der Waals surface area contributed by atoms with Gasteiger partial charge >= 0.3 is 0 Å². The molecule has 0 fully saturated rings. The molecule has 0 radical (unpaired) electrons. The second-order valence-corrected chi connectivity index (χ2v) is 5.65. The summed E-state index contributed by atoms with van der Waals surface area (Å²) in [5, 5.41) is 11.7. The van der Waals surface area contributed by atoms with E-state index in [1.165, 1.54) is 5.56 Å². The lowest BCUT2D eigenvalue weighted by Crippen LogP contribution is -2.27. The van der Waals surface area contributed by atoms with Crippen molar-refractivity contribution in [3.05, 3.63) is 41.7 Å². The highest BCUT2D eigenvalue weighted by atomic mass is 32.2. The Morgan fingerprint density at radius 2 is 2.05 bits per heavy atom. The number of nitrogens with one attached hydrogen (secondary N) is 2. The Balaban J connectivity index is 2.15. The minimum atomic E-state index is 0.301. The van der Waals surface area contributed by atoms with Gasteiger partial charge in [0, 0.05) is 11.3 Å². The van der Waals surface area contributed by atoms with E-state index in [0.29, 0.717) is 11.3 Å². The molecule has 19 heavy (non-hydrogen) atoms. The second-order valence-electron chi connectivity index (χ2n) is 4.44. The molecular weight excluding hydrogens is 256 g/mol. The number of nitrogens with zero attached hydrogens (tertiary/aromatic N) is 2. The highest BCUT2D eigenvalue weighted by Gasteiger charge is 2.22. The fraction of sp³-hybridized carbons (Fsp3) is 0.429. The molecule has 1 aromatic carbocycles. The van der Waals surface area contributed by atoms with E-state index in [9.17, 15) is 0 Å². The summed E-state index contributed by atoms with van der Waals surface area (Å²) >= 11 is 1.72. The van der Waals surface area contributed by atoms with Crippen LogP contribution in [-0.2, 0) is 0 Å². The number of aryl methyl sites for hydroxylation is 1. The van der Waals surface area contributed by atoms with Crippen LogP contribution in [0.5, 0.6) is 0 Å². The zero-order valence-electron chi connectivity index (χ0n) is 11.6. The van der Waals surface area contributed by atoms with Crippen LogP contribution >= 0.6 is 11.8 Å². The van der Waals surface area contributed by atoms with E-state index in [0.717, 1.165) is 17.4 Å². The molecule has 5 heteroatoms. The van der Waals surface area contributed by atoms with Gasteiger partial charge in [0.1, 0.15) is 5.82 Å². The minimum absolute atomic E-state index is 0.301. The number of hydrogen-bond acceptors (Lipinski definition) is 4. The molecule has 2 rings (SSSR count). The molecule has 2 unspecified atom stereocenters. The maximum absolute atomic E-state index is 4.38. The van der Waals surface area contributed by atoms with Gasteiger partial charge in [-0.05, 0) is 26.0 Å². The van der Waals surface area contributed by atoms with Crippen LogP contribution in [0, 0.1) is 6.92 Å². The molecule has 2 aromatic rings. The van der Waals surface area contributed by atoms with Crippen LogP contribution in [0.25, 0.3) is 0 Å². The van der Waals surface area contributed by atoms with Gasteiger partial charge < -0.3 is 5.32 Å². The summed E-state index contributed by atoms with van der Waals surface area (Å²) in [7, 11) is 2.00. The molecule has 0 aliphatic carbocycles. The molecule has 2 N–H and O–H groups in total. The molecule has 0 saturated heterocycles. The number of hydrogen-bond donors (Lipinski definition) is 2. The molecule has 0 saturated carbocycles. The predicted molar refractivity (Wildman–Crippen MR) is 79.3 cm³/mol. The lowest BCUT2D eigenvalue weighted by molar-refractivity contribution is 0.554. The summed E-state index contributed by atoms with van der Waals surface area (Å²) in [6.45, 7) is 4.12. The Bertz CT molecular complexity index is 497. The fourth-order valence-corrected chi connectivity index (χ4v) is 3.28. The molecule has 0 aliphatic rings. The quantitative estimate of drug-likeness (QED) is 0.797. The van der Waals surface area contributed by atoms with E-state index in [4.69, 9.17) is 0 Å². The third-order valence-corrected chi connectivity index (χ3v) is 4.38. The normalized spacial score (nSPS) is 14.3. The van der Waals surface area contributed by atoms with Crippen LogP contribution in [0.4, 0.5) is 0 Å². The van der Waals surface area contributed by atoms with Crippen molar-refractivity contribution in [2.75, 3.05) is 7.05 Å². The molecule has 2 atom stereocenters. The standard InChI is InChI=1S/C14H20N4S/c1-4-12(19-14-16-10(2)17-18-14)13(15-3)11-8-6-5-7-9-11/h5-9,12-13,15H,4H2,1-3H3,(H,16,17,18). The van der Waals surface area contributed by atoms with Gasteiger partial charge in [0.05, 0.1) is 0 Å². The molecule has 102 valence electrons. The first-order valence-corrected chi connectivity index (χ1v) is 7.40. The van der Waals surface area contributed by atoms with E-state index < -0.39 is 0 Å². The van der Waals surface area contributed by atoms with Gasteiger partial charge in [0.2, 0.25) is 5.16 Å². The molecule has 1 heterocycles. The average Bonchev–Trinajstić information content (AvgIpc) is 2.85. The SMILES string of the molecule is CCC(Sc1n[nH]c(C)n1)C(NC)c1ccccc1. The molecule has 0 bridgehead atoms. The van der Waals surface area contributed by atoms with Crippen molar-refractivity contribution in [3.63, 3.8) is 0 Å². The Morgan fingerprint density at radius 1 is 1.32 bits per heavy atom. The summed E-state index contributed by atoms with van der Waals surface area (Å²) in [6.07, 6.45) is 1.05. The maximum Gasteiger partial charge on any atom is 0.208 e. The highest BCUT2D eigenvalue weighted by Crippen LogP contribution is 2.32. The van der Waals surface area contributed by atoms with Crippen LogP contribution in [0.15, 0.2) is 35.5 Å². The zero-order chi connectivity index (χ0) is 13.7. The summed E-state index contributed by atoms with van der Waals surface area (Å²) in [5.74, 6) is 0.859. The fourth-order valence-electron chi connectivity index (χ4n) is 2.12. The Labute approximate surface area is 118 Å². The van der Waals surface area contributed by atoms with E-state index in [-0.39, 0.29) is 0 Å². The lowest BCUT2D eigenvalue weighted by atomic mass is 10.0. The Kier molecular flexibility index (Phi) is 4.99. The smallest absolute Gasteiger partial charge is 0.208 e. The Hall–Kier alpha value is -1.33. The van der Waals surface area contributed by atoms with Gasteiger partial charge in [-0.15, -0.1) is 5.10 Å². The van der Waals surface area contributed by atoms with Crippen LogP contribution < -0.4 is 5.32 Å². The van der Waals surface area contributed by atoms with Crippen molar-refractivity contribution in [2.45, 2.75) is 36.7 Å². The number of aromatic amines is 1. The average molecular weight is 276 g/mol. The van der Waals surface area contributed by atoms with Crippen LogP contribution in [0.3, 0.4) is 0 Å². The number of H-pyrrole nitrogens is 1. The number of aromatic nitrogens is 3. The van der Waals surface area contributed by atoms with Crippen LogP contribution in [-0.4, -0.2) is 27.5 Å². The van der Waals surface area contributed by atoms with Crippen molar-refractivity contribution >= 4 is 11.8 Å². The van der Waals surface area contributed by atoms with Gasteiger partial charge in [0.15, 0.2) is 0 Å². The third kappa shape index (κ3) is 3.58. The van der Waals surface area contributed by atoms with E-state index in [1.54, 1.807) is 11.8 Å². The topological polar surface area (TPSA) is 53.6 Å². The summed E-state index contributed by atoms with van der Waals surface area (Å²) < 4.78 is 0. The van der Waals surface area contributed by atoms with Crippen molar-refractivity contribution in [2.24, 2.45) is 0 Å². The summed E-state index contributed by atoms with van der Waals surface area (Å²) in [5.41, 5.74) is 1.30. The first-order chi connectivity index (χ1) is 9.24. The van der Waals surface area contributed by atoms with Gasteiger partial charge in [-0.25, -0.2) is 4.98 Å². The van der Waals surface area contributed by atoms with Gasteiger partial charge in [-0.2, -0.15) is 0 Å². The predicted octanol–water partition coefficient (Wildman–Crippen LogP) is 2.94. The van der Waals surface area contributed by atoms with E-state index in [2.05, 4.69) is 51.7 Å². The molecule has 1 aromatic heterocycles. The lowest BCUT2D eigenvalue weighted by Gasteiger charge is -2.24. The van der Waals surface area contributed by atoms with Crippen LogP contribution in [0.2, 0.25) is 0 Å². The largest absolute Gasteiger partial charge is 0.312 e. The van der Waals surface area contributed by atoms with Gasteiger partial charge in [-0.3, -0.25) is 5.10 Å². The first kappa shape index (κ1) is 14.1. The number of benzene rings is 1. The summed E-state index contributed by atoms with van der Waals surface area (Å²) in [6, 6.07) is 10.8. The summed E-state index contributed by atoms with van der Waals surface area (Å²) in [4.78, 5) is 4.38.